The fourth-order valence-corrected chi connectivity index (χ4v) is 2.88. The van der Waals surface area contributed by atoms with E-state index >= 15 is 0 Å². The number of rotatable bonds is 3. The van der Waals surface area contributed by atoms with E-state index in [1.807, 2.05) is 6.07 Å². The van der Waals surface area contributed by atoms with Gasteiger partial charge in [-0.2, -0.15) is 0 Å². The van der Waals surface area contributed by atoms with E-state index in [-0.39, 0.29) is 12.1 Å². The number of aliphatic hydroxyl groups excluding tert-OH is 1. The molecule has 1 aliphatic rings. The predicted molar refractivity (Wildman–Crippen MR) is 61.1 cm³/mol. The molecule has 2 rings (SSSR count). The second-order valence-electron chi connectivity index (χ2n) is 4.01. The summed E-state index contributed by atoms with van der Waals surface area (Å²) in [5, 5.41) is 11.7. The zero-order chi connectivity index (χ0) is 10.7. The van der Waals surface area contributed by atoms with Crippen molar-refractivity contribution in [2.24, 2.45) is 0 Å². The second-order valence-corrected chi connectivity index (χ2v) is 4.96. The van der Waals surface area contributed by atoms with Gasteiger partial charge < -0.3 is 9.84 Å². The highest BCUT2D eigenvalue weighted by Crippen LogP contribution is 2.31. The van der Waals surface area contributed by atoms with Crippen molar-refractivity contribution in [3.63, 3.8) is 0 Å². The Morgan fingerprint density at radius 3 is 2.80 bits per heavy atom. The Kier molecular flexibility index (Phi) is 3.41. The summed E-state index contributed by atoms with van der Waals surface area (Å²) >= 11 is 1.71. The van der Waals surface area contributed by atoms with Crippen LogP contribution < -0.4 is 0 Å². The summed E-state index contributed by atoms with van der Waals surface area (Å²) in [4.78, 5) is 3.54. The largest absolute Gasteiger partial charge is 0.394 e. The molecule has 1 atom stereocenters. The number of hydrogen-bond acceptors (Lipinski definition) is 4. The van der Waals surface area contributed by atoms with Gasteiger partial charge in [0.15, 0.2) is 0 Å². The van der Waals surface area contributed by atoms with E-state index in [0.29, 0.717) is 0 Å². The lowest BCUT2D eigenvalue weighted by Gasteiger charge is -2.41. The Balaban J connectivity index is 2.20. The molecule has 0 unspecified atom stereocenters. The smallest absolute Gasteiger partial charge is 0.0760 e. The minimum Gasteiger partial charge on any atom is -0.394 e. The maximum Gasteiger partial charge on any atom is 0.0760 e. The first-order valence-electron chi connectivity index (χ1n) is 5.25. The van der Waals surface area contributed by atoms with Gasteiger partial charge in [-0.15, -0.1) is 11.3 Å². The number of ether oxygens (including phenoxy) is 1. The first-order chi connectivity index (χ1) is 7.27. The molecule has 1 N–H and O–H groups in total. The van der Waals surface area contributed by atoms with Crippen LogP contribution in [0.1, 0.15) is 11.8 Å². The Morgan fingerprint density at radius 1 is 1.53 bits per heavy atom. The van der Waals surface area contributed by atoms with Gasteiger partial charge >= 0.3 is 0 Å². The predicted octanol–water partition coefficient (Wildman–Crippen LogP) is 1.29. The van der Waals surface area contributed by atoms with Crippen molar-refractivity contribution in [3.05, 3.63) is 22.4 Å². The van der Waals surface area contributed by atoms with Crippen molar-refractivity contribution in [3.8, 4) is 0 Å². The van der Waals surface area contributed by atoms with Crippen LogP contribution in [0, 0.1) is 0 Å². The van der Waals surface area contributed by atoms with Crippen LogP contribution in [0.5, 0.6) is 0 Å². The Hall–Kier alpha value is -0.420. The fourth-order valence-electron chi connectivity index (χ4n) is 1.98. The van der Waals surface area contributed by atoms with Gasteiger partial charge in [0, 0.05) is 18.0 Å². The molecule has 0 aliphatic carbocycles. The van der Waals surface area contributed by atoms with Gasteiger partial charge in [-0.1, -0.05) is 6.07 Å². The van der Waals surface area contributed by atoms with Crippen LogP contribution in [0.3, 0.4) is 0 Å². The van der Waals surface area contributed by atoms with Crippen molar-refractivity contribution >= 4 is 11.3 Å². The Labute approximate surface area is 94.3 Å². The van der Waals surface area contributed by atoms with E-state index in [1.165, 1.54) is 4.88 Å². The van der Waals surface area contributed by atoms with Crippen LogP contribution in [-0.2, 0) is 10.3 Å². The molecule has 1 aromatic rings. The number of morpholine rings is 1. The maximum atomic E-state index is 9.63. The molecular weight excluding hydrogens is 210 g/mol. The zero-order valence-electron chi connectivity index (χ0n) is 8.98. The molecule has 0 amide bonds. The number of hydrogen-bond donors (Lipinski definition) is 1. The van der Waals surface area contributed by atoms with E-state index in [9.17, 15) is 5.11 Å². The van der Waals surface area contributed by atoms with Gasteiger partial charge in [-0.25, -0.2) is 0 Å². The van der Waals surface area contributed by atoms with Gasteiger partial charge in [0.25, 0.3) is 0 Å². The number of aliphatic hydroxyl groups is 1. The molecule has 0 radical (unpaired) electrons. The monoisotopic (exact) mass is 227 g/mol. The molecule has 4 heteroatoms. The summed E-state index contributed by atoms with van der Waals surface area (Å²) < 4.78 is 5.34. The quantitative estimate of drug-likeness (QED) is 0.844. The molecule has 1 fully saturated rings. The lowest BCUT2D eigenvalue weighted by atomic mass is 9.98. The third kappa shape index (κ3) is 2.08. The average molecular weight is 227 g/mol. The molecule has 0 saturated carbocycles. The van der Waals surface area contributed by atoms with Gasteiger partial charge in [-0.3, -0.25) is 4.90 Å². The second kappa shape index (κ2) is 4.61. The van der Waals surface area contributed by atoms with Crippen LogP contribution in [0.4, 0.5) is 0 Å². The Morgan fingerprint density at radius 2 is 2.27 bits per heavy atom. The minimum atomic E-state index is -0.238. The molecule has 2 heterocycles. The SMILES string of the molecule is C[C@](CO)(c1cccs1)N1CCOCC1. The summed E-state index contributed by atoms with van der Waals surface area (Å²) in [5.74, 6) is 0. The molecule has 3 nitrogen and oxygen atoms in total. The highest BCUT2D eigenvalue weighted by Gasteiger charge is 2.34. The summed E-state index contributed by atoms with van der Waals surface area (Å²) in [6.45, 7) is 5.59. The van der Waals surface area contributed by atoms with Gasteiger partial charge in [-0.05, 0) is 18.4 Å². The molecule has 1 saturated heterocycles. The van der Waals surface area contributed by atoms with Crippen molar-refractivity contribution in [1.29, 1.82) is 0 Å². The van der Waals surface area contributed by atoms with Crippen molar-refractivity contribution in [2.75, 3.05) is 32.9 Å². The van der Waals surface area contributed by atoms with Gasteiger partial charge in [0.2, 0.25) is 0 Å². The van der Waals surface area contributed by atoms with Crippen molar-refractivity contribution in [1.82, 2.24) is 4.90 Å². The third-order valence-electron chi connectivity index (χ3n) is 3.07. The summed E-state index contributed by atoms with van der Waals surface area (Å²) in [7, 11) is 0. The third-order valence-corrected chi connectivity index (χ3v) is 4.19. The molecule has 0 spiro atoms. The highest BCUT2D eigenvalue weighted by molar-refractivity contribution is 7.10. The molecule has 0 bridgehead atoms. The first-order valence-corrected chi connectivity index (χ1v) is 6.13. The van der Waals surface area contributed by atoms with Crippen molar-refractivity contribution < 1.29 is 9.84 Å². The zero-order valence-corrected chi connectivity index (χ0v) is 9.80. The van der Waals surface area contributed by atoms with Crippen molar-refractivity contribution in [2.45, 2.75) is 12.5 Å². The van der Waals surface area contributed by atoms with E-state index in [1.54, 1.807) is 11.3 Å². The standard InChI is InChI=1S/C11H17NO2S/c1-11(9-13,10-3-2-8-15-10)12-4-6-14-7-5-12/h2-3,8,13H,4-7,9H2,1H3/t11-/m0/s1. The maximum absolute atomic E-state index is 9.63. The van der Waals surface area contributed by atoms with E-state index < -0.39 is 0 Å². The van der Waals surface area contributed by atoms with Crippen LogP contribution in [-0.4, -0.2) is 42.9 Å². The normalized spacial score (nSPS) is 22.5. The molecule has 0 aromatic carbocycles. The summed E-state index contributed by atoms with van der Waals surface area (Å²) in [5.41, 5.74) is -0.238. The van der Waals surface area contributed by atoms with Gasteiger partial charge in [0.05, 0.1) is 25.4 Å². The molecular formula is C11H17NO2S. The average Bonchev–Trinajstić information content (AvgIpc) is 2.83. The first kappa shape index (κ1) is 11.1. The lowest BCUT2D eigenvalue weighted by Crippen LogP contribution is -2.51. The van der Waals surface area contributed by atoms with Crippen LogP contribution in [0.15, 0.2) is 17.5 Å². The minimum absolute atomic E-state index is 0.160. The Bertz CT molecular complexity index is 296. The fraction of sp³-hybridized carbons (Fsp3) is 0.636. The molecule has 84 valence electrons. The molecule has 1 aromatic heterocycles. The highest BCUT2D eigenvalue weighted by atomic mass is 32.1. The number of nitrogens with zero attached hydrogens (tertiary/aromatic N) is 1. The lowest BCUT2D eigenvalue weighted by molar-refractivity contribution is -0.0377. The van der Waals surface area contributed by atoms with Gasteiger partial charge in [0.1, 0.15) is 0 Å². The van der Waals surface area contributed by atoms with Crippen LogP contribution in [0.2, 0.25) is 0 Å². The van der Waals surface area contributed by atoms with E-state index in [2.05, 4.69) is 23.3 Å². The number of thiophene rings is 1. The summed E-state index contributed by atoms with van der Waals surface area (Å²) in [6.07, 6.45) is 0. The van der Waals surface area contributed by atoms with Crippen LogP contribution in [0.25, 0.3) is 0 Å². The molecule has 15 heavy (non-hydrogen) atoms. The van der Waals surface area contributed by atoms with E-state index in [0.717, 1.165) is 26.3 Å². The molecule has 1 aliphatic heterocycles. The van der Waals surface area contributed by atoms with E-state index in [4.69, 9.17) is 4.74 Å². The van der Waals surface area contributed by atoms with Crippen LogP contribution >= 0.6 is 11.3 Å². The summed E-state index contributed by atoms with van der Waals surface area (Å²) in [6, 6.07) is 4.13. The topological polar surface area (TPSA) is 32.7 Å².